The second-order valence-electron chi connectivity index (χ2n) is 3.90. The van der Waals surface area contributed by atoms with Crippen molar-refractivity contribution in [1.29, 1.82) is 0 Å². The van der Waals surface area contributed by atoms with Crippen LogP contribution in [-0.4, -0.2) is 11.1 Å². The molecule has 0 aliphatic heterocycles. The molecule has 1 N–H and O–H groups in total. The smallest absolute Gasteiger partial charge is 0.335 e. The van der Waals surface area contributed by atoms with Crippen LogP contribution in [0.15, 0.2) is 46.9 Å². The number of carbonyl (C=O) groups is 1. The average Bonchev–Trinajstić information content (AvgIpc) is 2.36. The number of aromatic carboxylic acids is 1. The van der Waals surface area contributed by atoms with Crippen LogP contribution < -0.4 is 4.74 Å². The first kappa shape index (κ1) is 13.5. The van der Waals surface area contributed by atoms with E-state index in [1.165, 1.54) is 24.3 Å². The number of hydrogen-bond acceptors (Lipinski definition) is 2. The molecule has 98 valence electrons. The van der Waals surface area contributed by atoms with E-state index in [9.17, 15) is 9.18 Å². The zero-order valence-corrected chi connectivity index (χ0v) is 11.4. The summed E-state index contributed by atoms with van der Waals surface area (Å²) in [7, 11) is 0. The van der Waals surface area contributed by atoms with Crippen molar-refractivity contribution in [3.63, 3.8) is 0 Å². The maximum Gasteiger partial charge on any atom is 0.335 e. The van der Waals surface area contributed by atoms with Gasteiger partial charge in [0.1, 0.15) is 18.2 Å². The first-order valence-corrected chi connectivity index (χ1v) is 6.25. The van der Waals surface area contributed by atoms with E-state index in [0.717, 1.165) is 0 Å². The molecule has 0 unspecified atom stereocenters. The van der Waals surface area contributed by atoms with Gasteiger partial charge in [0.15, 0.2) is 0 Å². The molecule has 0 aromatic heterocycles. The summed E-state index contributed by atoms with van der Waals surface area (Å²) >= 11 is 3.20. The molecule has 0 atom stereocenters. The second-order valence-corrected chi connectivity index (χ2v) is 4.81. The van der Waals surface area contributed by atoms with Crippen molar-refractivity contribution in [3.8, 4) is 5.75 Å². The highest BCUT2D eigenvalue weighted by atomic mass is 79.9. The van der Waals surface area contributed by atoms with Gasteiger partial charge >= 0.3 is 5.97 Å². The highest BCUT2D eigenvalue weighted by molar-refractivity contribution is 9.10. The van der Waals surface area contributed by atoms with Crippen LogP contribution in [0.25, 0.3) is 0 Å². The van der Waals surface area contributed by atoms with Crippen molar-refractivity contribution < 1.29 is 19.0 Å². The normalized spacial score (nSPS) is 10.2. The van der Waals surface area contributed by atoms with Crippen LogP contribution in [0.3, 0.4) is 0 Å². The van der Waals surface area contributed by atoms with E-state index in [4.69, 9.17) is 9.84 Å². The van der Waals surface area contributed by atoms with E-state index in [-0.39, 0.29) is 18.0 Å². The standard InChI is InChI=1S/C14H10BrFO3/c15-11-5-9(6-12(16)7-11)8-19-13-3-1-10(2-4-13)14(17)18/h1-7H,8H2,(H,17,18). The molecule has 19 heavy (non-hydrogen) atoms. The van der Waals surface area contributed by atoms with Gasteiger partial charge in [-0.25, -0.2) is 9.18 Å². The summed E-state index contributed by atoms with van der Waals surface area (Å²) in [6, 6.07) is 10.6. The van der Waals surface area contributed by atoms with Crippen LogP contribution in [0.4, 0.5) is 4.39 Å². The van der Waals surface area contributed by atoms with Crippen LogP contribution in [-0.2, 0) is 6.61 Å². The third-order valence-electron chi connectivity index (χ3n) is 2.43. The number of hydrogen-bond donors (Lipinski definition) is 1. The number of halogens is 2. The van der Waals surface area contributed by atoms with Gasteiger partial charge in [0.25, 0.3) is 0 Å². The van der Waals surface area contributed by atoms with Crippen LogP contribution in [0.5, 0.6) is 5.75 Å². The Bertz CT molecular complexity index is 576. The average molecular weight is 325 g/mol. The topological polar surface area (TPSA) is 46.5 Å². The van der Waals surface area contributed by atoms with E-state index >= 15 is 0 Å². The highest BCUT2D eigenvalue weighted by Crippen LogP contribution is 2.18. The van der Waals surface area contributed by atoms with E-state index < -0.39 is 5.97 Å². The SMILES string of the molecule is O=C(O)c1ccc(OCc2cc(F)cc(Br)c2)cc1. The zero-order chi connectivity index (χ0) is 13.8. The Balaban J connectivity index is 2.03. The second kappa shape index (κ2) is 5.84. The molecule has 3 nitrogen and oxygen atoms in total. The lowest BCUT2D eigenvalue weighted by Gasteiger charge is -2.07. The van der Waals surface area contributed by atoms with E-state index in [1.54, 1.807) is 18.2 Å². The number of ether oxygens (including phenoxy) is 1. The van der Waals surface area contributed by atoms with Crippen LogP contribution in [0, 0.1) is 5.82 Å². The van der Waals surface area contributed by atoms with Gasteiger partial charge in [-0.2, -0.15) is 0 Å². The Morgan fingerprint density at radius 2 is 1.89 bits per heavy atom. The van der Waals surface area contributed by atoms with E-state index in [2.05, 4.69) is 15.9 Å². The fourth-order valence-electron chi connectivity index (χ4n) is 1.55. The van der Waals surface area contributed by atoms with Crippen molar-refractivity contribution in [3.05, 3.63) is 63.9 Å². The molecule has 5 heteroatoms. The predicted octanol–water partition coefficient (Wildman–Crippen LogP) is 3.87. The first-order chi connectivity index (χ1) is 9.04. The van der Waals surface area contributed by atoms with Crippen molar-refractivity contribution in [2.45, 2.75) is 6.61 Å². The molecule has 2 aromatic carbocycles. The molecule has 2 aromatic rings. The van der Waals surface area contributed by atoms with Gasteiger partial charge < -0.3 is 9.84 Å². The van der Waals surface area contributed by atoms with E-state index in [1.807, 2.05) is 0 Å². The minimum absolute atomic E-state index is 0.195. The van der Waals surface area contributed by atoms with E-state index in [0.29, 0.717) is 15.8 Å². The van der Waals surface area contributed by atoms with Gasteiger partial charge in [-0.3, -0.25) is 0 Å². The Hall–Kier alpha value is -1.88. The lowest BCUT2D eigenvalue weighted by molar-refractivity contribution is 0.0697. The monoisotopic (exact) mass is 324 g/mol. The summed E-state index contributed by atoms with van der Waals surface area (Å²) in [5.41, 5.74) is 0.884. The Morgan fingerprint density at radius 3 is 2.47 bits per heavy atom. The molecule has 0 saturated carbocycles. The third-order valence-corrected chi connectivity index (χ3v) is 2.89. The lowest BCUT2D eigenvalue weighted by atomic mass is 10.2. The van der Waals surface area contributed by atoms with Gasteiger partial charge in [-0.05, 0) is 48.0 Å². The van der Waals surface area contributed by atoms with Crippen molar-refractivity contribution in [2.24, 2.45) is 0 Å². The number of carboxylic acid groups (broad SMARTS) is 1. The molecule has 0 fully saturated rings. The molecule has 0 radical (unpaired) electrons. The van der Waals surface area contributed by atoms with Crippen molar-refractivity contribution in [2.75, 3.05) is 0 Å². The van der Waals surface area contributed by atoms with Gasteiger partial charge in [0.2, 0.25) is 0 Å². The first-order valence-electron chi connectivity index (χ1n) is 5.46. The van der Waals surface area contributed by atoms with Crippen LogP contribution in [0.1, 0.15) is 15.9 Å². The maximum atomic E-state index is 13.1. The number of benzene rings is 2. The summed E-state index contributed by atoms with van der Waals surface area (Å²) in [5.74, 6) is -0.791. The summed E-state index contributed by atoms with van der Waals surface area (Å²) in [6.07, 6.45) is 0. The lowest BCUT2D eigenvalue weighted by Crippen LogP contribution is -1.98. The van der Waals surface area contributed by atoms with Crippen molar-refractivity contribution >= 4 is 21.9 Å². The quantitative estimate of drug-likeness (QED) is 0.928. The van der Waals surface area contributed by atoms with Crippen LogP contribution in [0.2, 0.25) is 0 Å². The molecule has 0 bridgehead atoms. The molecule has 0 aliphatic carbocycles. The molecule has 0 spiro atoms. The van der Waals surface area contributed by atoms with Gasteiger partial charge in [-0.15, -0.1) is 0 Å². The zero-order valence-electron chi connectivity index (χ0n) is 9.77. The summed E-state index contributed by atoms with van der Waals surface area (Å²) < 4.78 is 19.2. The molecule has 0 amide bonds. The Morgan fingerprint density at radius 1 is 1.21 bits per heavy atom. The minimum Gasteiger partial charge on any atom is -0.489 e. The minimum atomic E-state index is -0.986. The predicted molar refractivity (Wildman–Crippen MR) is 71.8 cm³/mol. The fourth-order valence-corrected chi connectivity index (χ4v) is 2.07. The summed E-state index contributed by atoms with van der Waals surface area (Å²) in [5, 5.41) is 8.76. The maximum absolute atomic E-state index is 13.1. The molecule has 0 saturated heterocycles. The third kappa shape index (κ3) is 3.79. The molecular formula is C14H10BrFO3. The molecule has 0 aliphatic rings. The largest absolute Gasteiger partial charge is 0.489 e. The summed E-state index contributed by atoms with van der Waals surface area (Å²) in [4.78, 5) is 10.7. The molecular weight excluding hydrogens is 315 g/mol. The Labute approximate surface area is 117 Å². The number of rotatable bonds is 4. The van der Waals surface area contributed by atoms with Crippen LogP contribution >= 0.6 is 15.9 Å². The highest BCUT2D eigenvalue weighted by Gasteiger charge is 2.03. The Kier molecular flexibility index (Phi) is 4.16. The van der Waals surface area contributed by atoms with Crippen molar-refractivity contribution in [1.82, 2.24) is 0 Å². The van der Waals surface area contributed by atoms with Gasteiger partial charge in [-0.1, -0.05) is 15.9 Å². The van der Waals surface area contributed by atoms with Gasteiger partial charge in [0, 0.05) is 4.47 Å². The molecule has 0 heterocycles. The fraction of sp³-hybridized carbons (Fsp3) is 0.0714. The molecule has 2 rings (SSSR count). The number of carboxylic acids is 1. The summed E-state index contributed by atoms with van der Waals surface area (Å²) in [6.45, 7) is 0.211. The van der Waals surface area contributed by atoms with Gasteiger partial charge in [0.05, 0.1) is 5.56 Å².